The van der Waals surface area contributed by atoms with Crippen molar-refractivity contribution in [1.82, 2.24) is 30.7 Å². The maximum absolute atomic E-state index is 13.1. The average molecular weight is 473 g/mol. The second-order valence-electron chi connectivity index (χ2n) is 8.21. The van der Waals surface area contributed by atoms with Crippen molar-refractivity contribution in [3.05, 3.63) is 59.9 Å². The lowest BCUT2D eigenvalue weighted by Crippen LogP contribution is -2.41. The molecule has 9 nitrogen and oxygen atoms in total. The molecule has 0 bridgehead atoms. The number of benzene rings is 2. The van der Waals surface area contributed by atoms with Crippen LogP contribution in [0.2, 0.25) is 0 Å². The van der Waals surface area contributed by atoms with E-state index in [4.69, 9.17) is 0 Å². The maximum atomic E-state index is 13.1. The standard InChI is InChI=1S/C22H25FN6O3S/c1-14(15-2-8-18(23)9-3-15)24-22(30)17-4-10-19(11-5-17)27-33(31,32)20-12-6-16(7-13-20)21-25-28-29-26-21/h2-3,6-9,12-14,17,19,27H,4-5,10-11H2,1H3,(H,24,30)(H,25,26,28,29). The Balaban J connectivity index is 1.29. The first-order chi connectivity index (χ1) is 15.8. The number of tetrazole rings is 1. The van der Waals surface area contributed by atoms with Crippen LogP contribution in [0, 0.1) is 11.7 Å². The molecule has 0 radical (unpaired) electrons. The first kappa shape index (κ1) is 23.0. The van der Waals surface area contributed by atoms with E-state index in [2.05, 4.69) is 30.7 Å². The number of hydrogen-bond acceptors (Lipinski definition) is 6. The highest BCUT2D eigenvalue weighted by Gasteiger charge is 2.29. The molecule has 1 amide bonds. The number of halogens is 1. The minimum absolute atomic E-state index is 0.0646. The summed E-state index contributed by atoms with van der Waals surface area (Å²) >= 11 is 0. The fourth-order valence-electron chi connectivity index (χ4n) is 3.99. The van der Waals surface area contributed by atoms with Crippen LogP contribution in [0.5, 0.6) is 0 Å². The number of nitrogens with zero attached hydrogens (tertiary/aromatic N) is 3. The minimum Gasteiger partial charge on any atom is -0.349 e. The van der Waals surface area contributed by atoms with Gasteiger partial charge in [-0.15, -0.1) is 10.2 Å². The Labute approximate surface area is 191 Å². The molecule has 0 aliphatic heterocycles. The van der Waals surface area contributed by atoms with Gasteiger partial charge >= 0.3 is 0 Å². The van der Waals surface area contributed by atoms with Crippen LogP contribution in [-0.2, 0) is 14.8 Å². The molecule has 1 saturated carbocycles. The van der Waals surface area contributed by atoms with Crippen molar-refractivity contribution >= 4 is 15.9 Å². The Kier molecular flexibility index (Phi) is 6.80. The highest BCUT2D eigenvalue weighted by atomic mass is 32.2. The van der Waals surface area contributed by atoms with Gasteiger partial charge in [0.25, 0.3) is 0 Å². The number of aromatic nitrogens is 4. The quantitative estimate of drug-likeness (QED) is 0.485. The van der Waals surface area contributed by atoms with Crippen molar-refractivity contribution in [3.8, 4) is 11.4 Å². The summed E-state index contributed by atoms with van der Waals surface area (Å²) in [5.74, 6) is -0.175. The summed E-state index contributed by atoms with van der Waals surface area (Å²) < 4.78 is 41.4. The second-order valence-corrected chi connectivity index (χ2v) is 9.93. The van der Waals surface area contributed by atoms with Crippen molar-refractivity contribution < 1.29 is 17.6 Å². The number of amides is 1. The summed E-state index contributed by atoms with van der Waals surface area (Å²) in [6, 6.07) is 11.8. The van der Waals surface area contributed by atoms with E-state index in [0.717, 1.165) is 5.56 Å². The maximum Gasteiger partial charge on any atom is 0.240 e. The van der Waals surface area contributed by atoms with Gasteiger partial charge in [0.15, 0.2) is 0 Å². The van der Waals surface area contributed by atoms with E-state index < -0.39 is 10.0 Å². The van der Waals surface area contributed by atoms with E-state index in [0.29, 0.717) is 37.1 Å². The lowest BCUT2D eigenvalue weighted by molar-refractivity contribution is -0.126. The molecule has 11 heteroatoms. The van der Waals surface area contributed by atoms with Gasteiger partial charge in [-0.2, -0.15) is 5.21 Å². The molecule has 0 saturated heterocycles. The Bertz CT molecular complexity index is 1180. The Morgan fingerprint density at radius 2 is 1.73 bits per heavy atom. The zero-order chi connectivity index (χ0) is 23.4. The number of aromatic amines is 1. The summed E-state index contributed by atoms with van der Waals surface area (Å²) in [6.45, 7) is 1.86. The third kappa shape index (κ3) is 5.60. The van der Waals surface area contributed by atoms with E-state index in [1.54, 1.807) is 24.3 Å². The average Bonchev–Trinajstić information content (AvgIpc) is 3.35. The van der Waals surface area contributed by atoms with Crippen LogP contribution < -0.4 is 10.0 Å². The van der Waals surface area contributed by atoms with Gasteiger partial charge in [0, 0.05) is 17.5 Å². The summed E-state index contributed by atoms with van der Waals surface area (Å²) in [4.78, 5) is 12.8. The minimum atomic E-state index is -3.69. The molecule has 1 heterocycles. The molecule has 174 valence electrons. The predicted molar refractivity (Wildman–Crippen MR) is 119 cm³/mol. The molecular formula is C22H25FN6O3S. The number of H-pyrrole nitrogens is 1. The van der Waals surface area contributed by atoms with E-state index in [1.165, 1.54) is 24.3 Å². The van der Waals surface area contributed by atoms with Crippen LogP contribution in [0.3, 0.4) is 0 Å². The lowest BCUT2D eigenvalue weighted by Gasteiger charge is -2.29. The van der Waals surface area contributed by atoms with E-state index in [1.807, 2.05) is 6.92 Å². The number of rotatable bonds is 7. The Morgan fingerprint density at radius 3 is 2.33 bits per heavy atom. The molecule has 0 spiro atoms. The van der Waals surface area contributed by atoms with Gasteiger partial charge in [0.05, 0.1) is 10.9 Å². The highest BCUT2D eigenvalue weighted by Crippen LogP contribution is 2.27. The van der Waals surface area contributed by atoms with Crippen LogP contribution in [0.1, 0.15) is 44.2 Å². The molecule has 4 rings (SSSR count). The van der Waals surface area contributed by atoms with E-state index >= 15 is 0 Å². The van der Waals surface area contributed by atoms with Crippen LogP contribution in [0.25, 0.3) is 11.4 Å². The normalized spacial score (nSPS) is 19.7. The number of sulfonamides is 1. The molecule has 2 aromatic carbocycles. The monoisotopic (exact) mass is 472 g/mol. The fraction of sp³-hybridized carbons (Fsp3) is 0.364. The van der Waals surface area contributed by atoms with Gasteiger partial charge in [-0.1, -0.05) is 12.1 Å². The van der Waals surface area contributed by atoms with Crippen molar-refractivity contribution in [2.45, 2.75) is 49.6 Å². The molecule has 1 fully saturated rings. The Morgan fingerprint density at radius 1 is 1.06 bits per heavy atom. The molecule has 1 aliphatic carbocycles. The highest BCUT2D eigenvalue weighted by molar-refractivity contribution is 7.89. The largest absolute Gasteiger partial charge is 0.349 e. The van der Waals surface area contributed by atoms with Crippen molar-refractivity contribution in [1.29, 1.82) is 0 Å². The van der Waals surface area contributed by atoms with Gasteiger partial charge in [0.1, 0.15) is 5.82 Å². The summed E-state index contributed by atoms with van der Waals surface area (Å²) in [7, 11) is -3.69. The van der Waals surface area contributed by atoms with E-state index in [9.17, 15) is 17.6 Å². The summed E-state index contributed by atoms with van der Waals surface area (Å²) in [5.41, 5.74) is 1.49. The van der Waals surface area contributed by atoms with Gasteiger partial charge < -0.3 is 5.32 Å². The third-order valence-electron chi connectivity index (χ3n) is 5.92. The summed E-state index contributed by atoms with van der Waals surface area (Å²) in [6.07, 6.45) is 2.32. The number of carbonyl (C=O) groups is 1. The lowest BCUT2D eigenvalue weighted by atomic mass is 9.85. The molecule has 1 aromatic heterocycles. The molecule has 1 atom stereocenters. The van der Waals surface area contributed by atoms with Crippen molar-refractivity contribution in [2.24, 2.45) is 5.92 Å². The van der Waals surface area contributed by atoms with Crippen LogP contribution in [0.15, 0.2) is 53.4 Å². The first-order valence-corrected chi connectivity index (χ1v) is 12.2. The van der Waals surface area contributed by atoms with Crippen molar-refractivity contribution in [3.63, 3.8) is 0 Å². The first-order valence-electron chi connectivity index (χ1n) is 10.7. The number of nitrogens with one attached hydrogen (secondary N) is 3. The zero-order valence-corrected chi connectivity index (χ0v) is 18.8. The van der Waals surface area contributed by atoms with Crippen LogP contribution in [0.4, 0.5) is 4.39 Å². The SMILES string of the molecule is CC(NC(=O)C1CCC(NS(=O)(=O)c2ccc(-c3nn[nH]n3)cc2)CC1)c1ccc(F)cc1. The van der Waals surface area contributed by atoms with Gasteiger partial charge in [0.2, 0.25) is 21.8 Å². The molecule has 1 aliphatic rings. The molecule has 33 heavy (non-hydrogen) atoms. The van der Waals surface area contributed by atoms with Gasteiger partial charge in [-0.25, -0.2) is 17.5 Å². The van der Waals surface area contributed by atoms with Gasteiger partial charge in [-0.3, -0.25) is 4.79 Å². The van der Waals surface area contributed by atoms with Crippen molar-refractivity contribution in [2.75, 3.05) is 0 Å². The topological polar surface area (TPSA) is 130 Å². The number of hydrogen-bond donors (Lipinski definition) is 3. The van der Waals surface area contributed by atoms with Crippen LogP contribution >= 0.6 is 0 Å². The molecular weight excluding hydrogens is 447 g/mol. The van der Waals surface area contributed by atoms with Gasteiger partial charge in [-0.05, 0) is 79.8 Å². The number of carbonyl (C=O) groups excluding carboxylic acids is 1. The molecule has 1 unspecified atom stereocenters. The smallest absolute Gasteiger partial charge is 0.240 e. The fourth-order valence-corrected chi connectivity index (χ4v) is 5.30. The van der Waals surface area contributed by atoms with Crippen LogP contribution in [-0.4, -0.2) is 41.0 Å². The molecule has 3 aromatic rings. The zero-order valence-electron chi connectivity index (χ0n) is 18.0. The Hall–Kier alpha value is -3.18. The third-order valence-corrected chi connectivity index (χ3v) is 7.45. The van der Waals surface area contributed by atoms with E-state index in [-0.39, 0.29) is 34.6 Å². The second kappa shape index (κ2) is 9.75. The summed E-state index contributed by atoms with van der Waals surface area (Å²) in [5, 5.41) is 16.6. The predicted octanol–water partition coefficient (Wildman–Crippen LogP) is 2.72. The molecule has 3 N–H and O–H groups in total.